The van der Waals surface area contributed by atoms with Crippen molar-refractivity contribution in [2.75, 3.05) is 13.2 Å². The van der Waals surface area contributed by atoms with Crippen molar-refractivity contribution in [2.45, 2.75) is 303 Å². The first-order valence-electron chi connectivity index (χ1n) is 28.6. The second kappa shape index (κ2) is 55.0. The van der Waals surface area contributed by atoms with Gasteiger partial charge in [0.15, 0.2) is 6.10 Å². The second-order valence-electron chi connectivity index (χ2n) is 19.2. The van der Waals surface area contributed by atoms with Crippen LogP contribution in [-0.2, 0) is 28.6 Å². The number of carbonyl (C=O) groups excluding carboxylic acids is 3. The van der Waals surface area contributed by atoms with Gasteiger partial charge in [0.05, 0.1) is 0 Å². The highest BCUT2D eigenvalue weighted by molar-refractivity contribution is 5.71. The van der Waals surface area contributed by atoms with Crippen molar-refractivity contribution in [3.05, 3.63) is 48.6 Å². The number of allylic oxidation sites excluding steroid dienone is 8. The van der Waals surface area contributed by atoms with Gasteiger partial charge in [0.1, 0.15) is 13.2 Å². The fourth-order valence-electron chi connectivity index (χ4n) is 8.21. The summed E-state index contributed by atoms with van der Waals surface area (Å²) < 4.78 is 16.8. The van der Waals surface area contributed by atoms with Crippen LogP contribution in [-0.4, -0.2) is 37.2 Å². The molecule has 6 heteroatoms. The third-order valence-electron chi connectivity index (χ3n) is 12.6. The van der Waals surface area contributed by atoms with Gasteiger partial charge in [-0.3, -0.25) is 14.4 Å². The molecule has 0 rings (SSSR count). The van der Waals surface area contributed by atoms with E-state index in [2.05, 4.69) is 69.4 Å². The zero-order valence-electron chi connectivity index (χ0n) is 44.0. The SMILES string of the molecule is CCCCC/C=C\CCCCCCCC(=O)OCC(COC(=O)CCCCCCCCCC/C=C\C/C=C\C/C=C\CCCCCCC)OC(=O)CCCCCCCCCCCCCCC. The van der Waals surface area contributed by atoms with Crippen molar-refractivity contribution >= 4 is 17.9 Å². The van der Waals surface area contributed by atoms with Crippen molar-refractivity contribution in [2.24, 2.45) is 0 Å². The van der Waals surface area contributed by atoms with Crippen LogP contribution >= 0.6 is 0 Å². The van der Waals surface area contributed by atoms with Gasteiger partial charge in [0, 0.05) is 19.3 Å². The van der Waals surface area contributed by atoms with E-state index in [0.717, 1.165) is 83.5 Å². The number of rotatable bonds is 52. The smallest absolute Gasteiger partial charge is 0.306 e. The van der Waals surface area contributed by atoms with E-state index in [1.807, 2.05) is 0 Å². The summed E-state index contributed by atoms with van der Waals surface area (Å²) in [5.74, 6) is -0.881. The Morgan fingerprint density at radius 3 is 0.894 bits per heavy atom. The van der Waals surface area contributed by atoms with Crippen LogP contribution in [0.4, 0.5) is 0 Å². The van der Waals surface area contributed by atoms with Crippen LogP contribution in [0.15, 0.2) is 48.6 Å². The molecule has 6 nitrogen and oxygen atoms in total. The van der Waals surface area contributed by atoms with E-state index >= 15 is 0 Å². The van der Waals surface area contributed by atoms with E-state index < -0.39 is 6.10 Å². The number of hydrogen-bond acceptors (Lipinski definition) is 6. The Hall–Kier alpha value is -2.63. The zero-order valence-corrected chi connectivity index (χ0v) is 44.0. The molecule has 0 aliphatic rings. The summed E-state index contributed by atoms with van der Waals surface area (Å²) in [6, 6.07) is 0. The fourth-order valence-corrected chi connectivity index (χ4v) is 8.21. The average molecular weight is 926 g/mol. The molecule has 384 valence electrons. The lowest BCUT2D eigenvalue weighted by molar-refractivity contribution is -0.167. The standard InChI is InChI=1S/C60H108O6/c1-4-7-10-13-16-19-22-25-26-27-28-29-30-31-32-33-34-36-38-41-44-47-50-53-59(62)65-56-57(55-64-58(61)52-49-46-43-40-37-24-21-18-15-12-9-6-3)66-60(63)54-51-48-45-42-39-35-23-20-17-14-11-8-5-2/h18,21-22,25,27-28,30-31,57H,4-17,19-20,23-24,26,29,32-56H2,1-3H3/b21-18-,25-22-,28-27-,31-30-. The topological polar surface area (TPSA) is 78.9 Å². The first-order valence-corrected chi connectivity index (χ1v) is 28.6. The van der Waals surface area contributed by atoms with Crippen molar-refractivity contribution in [1.29, 1.82) is 0 Å². The van der Waals surface area contributed by atoms with Gasteiger partial charge in [-0.25, -0.2) is 0 Å². The average Bonchev–Trinajstić information content (AvgIpc) is 3.31. The zero-order chi connectivity index (χ0) is 47.9. The first kappa shape index (κ1) is 63.4. The normalized spacial score (nSPS) is 12.3. The van der Waals surface area contributed by atoms with Gasteiger partial charge in [-0.05, 0) is 83.5 Å². The molecule has 0 saturated heterocycles. The van der Waals surface area contributed by atoms with Gasteiger partial charge in [-0.1, -0.05) is 243 Å². The third kappa shape index (κ3) is 52.3. The monoisotopic (exact) mass is 925 g/mol. The van der Waals surface area contributed by atoms with E-state index in [0.29, 0.717) is 19.3 Å². The summed E-state index contributed by atoms with van der Waals surface area (Å²) in [7, 11) is 0. The molecule has 0 spiro atoms. The predicted molar refractivity (Wildman–Crippen MR) is 284 cm³/mol. The minimum atomic E-state index is -0.776. The second-order valence-corrected chi connectivity index (χ2v) is 19.2. The summed E-state index contributed by atoms with van der Waals surface area (Å²) in [6.45, 7) is 6.61. The van der Waals surface area contributed by atoms with Crippen LogP contribution in [0.1, 0.15) is 297 Å². The summed E-state index contributed by atoms with van der Waals surface area (Å²) in [6.07, 6.45) is 66.7. The van der Waals surface area contributed by atoms with Gasteiger partial charge < -0.3 is 14.2 Å². The van der Waals surface area contributed by atoms with Crippen LogP contribution < -0.4 is 0 Å². The molecule has 0 aromatic carbocycles. The Morgan fingerprint density at radius 1 is 0.303 bits per heavy atom. The molecule has 0 N–H and O–H groups in total. The van der Waals surface area contributed by atoms with Crippen LogP contribution in [0.25, 0.3) is 0 Å². The van der Waals surface area contributed by atoms with Crippen LogP contribution in [0.3, 0.4) is 0 Å². The van der Waals surface area contributed by atoms with Crippen LogP contribution in [0.5, 0.6) is 0 Å². The summed E-state index contributed by atoms with van der Waals surface area (Å²) in [4.78, 5) is 38.1. The number of esters is 3. The quantitative estimate of drug-likeness (QED) is 0.0262. The molecule has 1 atom stereocenters. The van der Waals surface area contributed by atoms with Gasteiger partial charge in [0.2, 0.25) is 0 Å². The molecule has 0 saturated carbocycles. The maximum atomic E-state index is 12.8. The highest BCUT2D eigenvalue weighted by atomic mass is 16.6. The fraction of sp³-hybridized carbons (Fsp3) is 0.817. The number of carbonyl (C=O) groups is 3. The van der Waals surface area contributed by atoms with Gasteiger partial charge in [-0.2, -0.15) is 0 Å². The molecule has 0 aromatic heterocycles. The lowest BCUT2D eigenvalue weighted by Crippen LogP contribution is -2.30. The minimum absolute atomic E-state index is 0.0770. The van der Waals surface area contributed by atoms with E-state index in [4.69, 9.17) is 14.2 Å². The van der Waals surface area contributed by atoms with E-state index in [-0.39, 0.29) is 31.1 Å². The Balaban J connectivity index is 4.29. The van der Waals surface area contributed by atoms with Gasteiger partial charge in [0.25, 0.3) is 0 Å². The highest BCUT2D eigenvalue weighted by Crippen LogP contribution is 2.16. The lowest BCUT2D eigenvalue weighted by Gasteiger charge is -2.18. The molecule has 0 bridgehead atoms. The molecule has 0 aliphatic carbocycles. The molecule has 1 unspecified atom stereocenters. The Labute approximate surface area is 409 Å². The molecule has 0 radical (unpaired) electrons. The summed E-state index contributed by atoms with van der Waals surface area (Å²) >= 11 is 0. The molecular weight excluding hydrogens is 817 g/mol. The molecule has 0 aromatic rings. The summed E-state index contributed by atoms with van der Waals surface area (Å²) in [5.41, 5.74) is 0. The van der Waals surface area contributed by atoms with Crippen molar-refractivity contribution in [3.8, 4) is 0 Å². The minimum Gasteiger partial charge on any atom is -0.462 e. The third-order valence-corrected chi connectivity index (χ3v) is 12.6. The van der Waals surface area contributed by atoms with E-state index in [9.17, 15) is 14.4 Å². The molecule has 0 amide bonds. The van der Waals surface area contributed by atoms with Crippen LogP contribution in [0, 0.1) is 0 Å². The maximum absolute atomic E-state index is 12.8. The van der Waals surface area contributed by atoms with Crippen molar-refractivity contribution in [3.63, 3.8) is 0 Å². The first-order chi connectivity index (χ1) is 32.5. The van der Waals surface area contributed by atoms with Crippen molar-refractivity contribution in [1.82, 2.24) is 0 Å². The highest BCUT2D eigenvalue weighted by Gasteiger charge is 2.19. The van der Waals surface area contributed by atoms with E-state index in [1.165, 1.54) is 173 Å². The molecule has 0 fully saturated rings. The van der Waals surface area contributed by atoms with Gasteiger partial charge in [-0.15, -0.1) is 0 Å². The van der Waals surface area contributed by atoms with Crippen molar-refractivity contribution < 1.29 is 28.6 Å². The van der Waals surface area contributed by atoms with Crippen LogP contribution in [0.2, 0.25) is 0 Å². The number of ether oxygens (including phenoxy) is 3. The number of hydrogen-bond donors (Lipinski definition) is 0. The Bertz CT molecular complexity index is 1150. The summed E-state index contributed by atoms with van der Waals surface area (Å²) in [5, 5.41) is 0. The number of unbranched alkanes of at least 4 members (excludes halogenated alkanes) is 33. The van der Waals surface area contributed by atoms with E-state index in [1.54, 1.807) is 0 Å². The predicted octanol–water partition coefficient (Wildman–Crippen LogP) is 19.0. The maximum Gasteiger partial charge on any atom is 0.306 e. The molecule has 0 aliphatic heterocycles. The Kier molecular flexibility index (Phi) is 52.8. The lowest BCUT2D eigenvalue weighted by atomic mass is 10.0. The largest absolute Gasteiger partial charge is 0.462 e. The molecule has 0 heterocycles. The Morgan fingerprint density at radius 2 is 0.545 bits per heavy atom. The van der Waals surface area contributed by atoms with Gasteiger partial charge >= 0.3 is 17.9 Å². The molecular formula is C60H108O6. The molecule has 66 heavy (non-hydrogen) atoms.